The maximum absolute atomic E-state index is 15.5. The van der Waals surface area contributed by atoms with Gasteiger partial charge in [-0.25, -0.2) is 4.39 Å². The number of allylic oxidation sites excluding steroid dienone is 2. The minimum atomic E-state index is -4.78. The number of benzene rings is 1. The van der Waals surface area contributed by atoms with Gasteiger partial charge < -0.3 is 9.64 Å². The van der Waals surface area contributed by atoms with Crippen molar-refractivity contribution in [3.8, 4) is 5.75 Å². The van der Waals surface area contributed by atoms with Crippen LogP contribution in [0.4, 0.5) is 17.6 Å². The second kappa shape index (κ2) is 10.6. The van der Waals surface area contributed by atoms with Gasteiger partial charge in [-0.15, -0.1) is 11.8 Å². The number of nitrogens with zero attached hydrogens (tertiary/aromatic N) is 3. The molecule has 3 aliphatic rings. The van der Waals surface area contributed by atoms with Crippen molar-refractivity contribution in [3.05, 3.63) is 84.9 Å². The molecule has 1 aromatic carbocycles. The minimum Gasteiger partial charge on any atom is -0.420 e. The first-order chi connectivity index (χ1) is 18.9. The predicted molar refractivity (Wildman–Crippen MR) is 142 cm³/mol. The van der Waals surface area contributed by atoms with Crippen LogP contribution in [0.3, 0.4) is 0 Å². The van der Waals surface area contributed by atoms with Crippen LogP contribution in [0.25, 0.3) is 0 Å². The number of carbonyl (C=O) groups is 2. The van der Waals surface area contributed by atoms with Crippen LogP contribution < -0.4 is 15.2 Å². The normalized spacial score (nSPS) is 19.8. The molecule has 1 unspecified atom stereocenters. The smallest absolute Gasteiger partial charge is 0.408 e. The number of ether oxygens (including phenoxy) is 1. The lowest BCUT2D eigenvalue weighted by atomic mass is 9.83. The molecule has 1 aliphatic carbocycles. The topological polar surface area (TPSA) is 71.8 Å². The highest BCUT2D eigenvalue weighted by Crippen LogP contribution is 2.48. The first-order valence-corrected chi connectivity index (χ1v) is 13.8. The standard InChI is InChI=1S/C27H24ClF4N3O4S/c1-14(27(30,31)32)34-13-33(35-10-9-21(37)24(39-15(2)36)23(35)26(34)38)11-18-17-6-4-7-19(28)25(17)40-12-16-5-3-8-20(29)22(16)18/h3,5,7-10,14,18H,4,6,11-13H2,1-2H3/t14-,18?/m1/s1. The van der Waals surface area contributed by atoms with Gasteiger partial charge in [0.25, 0.3) is 5.91 Å². The van der Waals surface area contributed by atoms with Crippen LogP contribution in [0.1, 0.15) is 54.2 Å². The molecule has 0 fully saturated rings. The van der Waals surface area contributed by atoms with E-state index in [1.165, 1.54) is 33.7 Å². The summed E-state index contributed by atoms with van der Waals surface area (Å²) in [5.41, 5.74) is 0.617. The van der Waals surface area contributed by atoms with Gasteiger partial charge >= 0.3 is 12.1 Å². The van der Waals surface area contributed by atoms with Gasteiger partial charge in [-0.1, -0.05) is 29.8 Å². The summed E-state index contributed by atoms with van der Waals surface area (Å²) in [6.45, 7) is 1.28. The summed E-state index contributed by atoms with van der Waals surface area (Å²) in [4.78, 5) is 39.2. The molecule has 7 nitrogen and oxygen atoms in total. The molecule has 1 aromatic heterocycles. The van der Waals surface area contributed by atoms with E-state index in [0.717, 1.165) is 36.0 Å². The van der Waals surface area contributed by atoms with Gasteiger partial charge in [-0.3, -0.25) is 24.1 Å². The summed E-state index contributed by atoms with van der Waals surface area (Å²) < 4.78 is 63.4. The van der Waals surface area contributed by atoms with E-state index in [4.69, 9.17) is 16.3 Å². The van der Waals surface area contributed by atoms with Gasteiger partial charge in [0.1, 0.15) is 18.5 Å². The highest BCUT2D eigenvalue weighted by molar-refractivity contribution is 8.02. The van der Waals surface area contributed by atoms with Crippen LogP contribution in [0.5, 0.6) is 5.75 Å². The molecular formula is C27H24ClF4N3O4S. The molecule has 2 aliphatic heterocycles. The van der Waals surface area contributed by atoms with E-state index < -0.39 is 59.4 Å². The maximum Gasteiger partial charge on any atom is 0.408 e. The van der Waals surface area contributed by atoms with Crippen molar-refractivity contribution in [1.82, 2.24) is 9.58 Å². The Morgan fingerprint density at radius 3 is 2.70 bits per heavy atom. The number of hydrogen-bond acceptors (Lipinski definition) is 6. The van der Waals surface area contributed by atoms with E-state index in [0.29, 0.717) is 34.1 Å². The van der Waals surface area contributed by atoms with Crippen LogP contribution in [-0.2, 0) is 10.5 Å². The van der Waals surface area contributed by atoms with Gasteiger partial charge in [0.2, 0.25) is 11.2 Å². The third kappa shape index (κ3) is 5.03. The Balaban J connectivity index is 1.69. The zero-order valence-electron chi connectivity index (χ0n) is 21.4. The second-order valence-corrected chi connectivity index (χ2v) is 11.1. The number of rotatable bonds is 4. The third-order valence-electron chi connectivity index (χ3n) is 7.23. The summed E-state index contributed by atoms with van der Waals surface area (Å²) in [6.07, 6.45) is -0.491. The lowest BCUT2D eigenvalue weighted by Crippen LogP contribution is -2.60. The number of carbonyl (C=O) groups excluding carboxylic acids is 2. The molecule has 0 N–H and O–H groups in total. The van der Waals surface area contributed by atoms with Gasteiger partial charge in [0.15, 0.2) is 5.69 Å². The number of fused-ring (bicyclic) bond motifs is 2. The van der Waals surface area contributed by atoms with Crippen LogP contribution in [0.2, 0.25) is 0 Å². The first kappa shape index (κ1) is 28.3. The molecule has 0 radical (unpaired) electrons. The molecule has 2 aromatic rings. The van der Waals surface area contributed by atoms with Gasteiger partial charge in [0, 0.05) is 47.9 Å². The SMILES string of the molecule is CC(=O)Oc1c2n(ccc1=O)N(CC1C3=C(SCc4cccc(F)c41)C(Cl)=CCC3)CN([C@H](C)C(F)(F)F)C2=O. The van der Waals surface area contributed by atoms with Gasteiger partial charge in [-0.2, -0.15) is 13.2 Å². The zero-order valence-corrected chi connectivity index (χ0v) is 23.0. The minimum absolute atomic E-state index is 0.0543. The van der Waals surface area contributed by atoms with E-state index in [2.05, 4.69) is 0 Å². The van der Waals surface area contributed by atoms with Crippen LogP contribution >= 0.6 is 23.4 Å². The van der Waals surface area contributed by atoms with Crippen molar-refractivity contribution in [2.75, 3.05) is 18.2 Å². The third-order valence-corrected chi connectivity index (χ3v) is 8.91. The Kier molecular flexibility index (Phi) is 7.51. The van der Waals surface area contributed by atoms with E-state index in [1.54, 1.807) is 12.1 Å². The van der Waals surface area contributed by atoms with Crippen LogP contribution in [0.15, 0.2) is 56.8 Å². The van der Waals surface area contributed by atoms with Crippen molar-refractivity contribution in [1.29, 1.82) is 0 Å². The Morgan fingerprint density at radius 1 is 1.25 bits per heavy atom. The van der Waals surface area contributed by atoms with Crippen LogP contribution in [-0.4, -0.2) is 46.9 Å². The van der Waals surface area contributed by atoms with Gasteiger partial charge in [0.05, 0.1) is 5.03 Å². The lowest BCUT2D eigenvalue weighted by molar-refractivity contribution is -0.173. The Hall–Kier alpha value is -3.25. The number of alkyl halides is 3. The highest BCUT2D eigenvalue weighted by atomic mass is 35.5. The summed E-state index contributed by atoms with van der Waals surface area (Å²) in [5.74, 6) is -3.36. The van der Waals surface area contributed by atoms with Crippen molar-refractivity contribution >= 4 is 35.2 Å². The molecule has 0 saturated heterocycles. The largest absolute Gasteiger partial charge is 0.420 e. The highest BCUT2D eigenvalue weighted by Gasteiger charge is 2.47. The average molecular weight is 598 g/mol. The predicted octanol–water partition coefficient (Wildman–Crippen LogP) is 5.42. The lowest BCUT2D eigenvalue weighted by Gasteiger charge is -2.44. The van der Waals surface area contributed by atoms with Crippen molar-refractivity contribution in [2.24, 2.45) is 0 Å². The fourth-order valence-corrected chi connectivity index (χ4v) is 6.89. The fourth-order valence-electron chi connectivity index (χ4n) is 5.29. The number of thioether (sulfide) groups is 1. The quantitative estimate of drug-likeness (QED) is 0.346. The Bertz CT molecular complexity index is 1520. The molecule has 0 spiro atoms. The van der Waals surface area contributed by atoms with E-state index in [-0.39, 0.29) is 6.54 Å². The second-order valence-electron chi connectivity index (χ2n) is 9.72. The number of halogens is 5. The Morgan fingerprint density at radius 2 is 2.00 bits per heavy atom. The van der Waals surface area contributed by atoms with Crippen molar-refractivity contribution in [3.63, 3.8) is 0 Å². The number of amides is 1. The molecule has 212 valence electrons. The average Bonchev–Trinajstić information content (AvgIpc) is 3.04. The Labute approximate surface area is 236 Å². The molecular weight excluding hydrogens is 574 g/mol. The monoisotopic (exact) mass is 597 g/mol. The van der Waals surface area contributed by atoms with E-state index in [1.807, 2.05) is 6.08 Å². The molecule has 0 bridgehead atoms. The number of hydrogen-bond donors (Lipinski definition) is 0. The maximum atomic E-state index is 15.5. The molecule has 40 heavy (non-hydrogen) atoms. The van der Waals surface area contributed by atoms with E-state index in [9.17, 15) is 27.6 Å². The summed E-state index contributed by atoms with van der Waals surface area (Å²) in [7, 11) is 0. The summed E-state index contributed by atoms with van der Waals surface area (Å²) >= 11 is 8.04. The molecule has 0 saturated carbocycles. The fraction of sp³-hybridized carbons (Fsp3) is 0.370. The van der Waals surface area contributed by atoms with Crippen LogP contribution in [0, 0.1) is 5.82 Å². The molecule has 1 amide bonds. The molecule has 5 rings (SSSR count). The van der Waals surface area contributed by atoms with Crippen molar-refractivity contribution < 1.29 is 31.9 Å². The summed E-state index contributed by atoms with van der Waals surface area (Å²) in [5, 5.41) is 1.96. The molecule has 2 atom stereocenters. The molecule has 13 heteroatoms. The zero-order chi connectivity index (χ0) is 28.9. The van der Waals surface area contributed by atoms with Gasteiger partial charge in [-0.05, 0) is 37.0 Å². The summed E-state index contributed by atoms with van der Waals surface area (Å²) in [6, 6.07) is 3.57. The van der Waals surface area contributed by atoms with E-state index >= 15 is 4.39 Å². The number of esters is 1. The molecule has 3 heterocycles. The van der Waals surface area contributed by atoms with Crippen molar-refractivity contribution in [2.45, 2.75) is 50.6 Å². The number of pyridine rings is 1. The number of aromatic nitrogens is 1. The first-order valence-electron chi connectivity index (χ1n) is 12.4.